The molecule has 0 rings (SSSR count). The van der Waals surface area contributed by atoms with E-state index in [1.54, 1.807) is 0 Å². The SMILES string of the molecule is CC/C=C\C/C=C\C/C=C\C/C=C\C/C=C\C/C=C\C/C=C\CCCCCCCCCCCCCC(=O)OC(COC(=O)CCCCCCCCCCCCCCCCCCCCCCCCCCCCCCCCCCC)COC(OCC[N+](C)(C)C)C(=O)[O-]. The Bertz CT molecular complexity index is 1770. The minimum atomic E-state index is -1.63. The van der Waals surface area contributed by atoms with Crippen molar-refractivity contribution in [3.8, 4) is 0 Å². The van der Waals surface area contributed by atoms with Gasteiger partial charge in [0, 0.05) is 12.8 Å². The monoisotopic (exact) mass is 1270 g/mol. The standard InChI is InChI=1S/C82H147NO8/c1-6-8-10-12-14-16-18-20-22-24-26-28-30-32-34-36-38-40-42-44-46-48-50-52-54-56-58-60-62-64-66-68-70-72-79(84)89-76-78(77-90-82(81(86)87)88-75-74-83(3,4)5)91-80(85)73-71-69-67-65-63-61-59-57-55-53-51-49-47-45-43-41-39-37-35-33-31-29-27-25-23-21-19-17-15-13-11-9-7-2/h9,11,15,17,21,23,27,29,33,35,39,41,45,47,78,82H,6-8,10,12-14,16,18-20,22,24-26,28,30-32,34,36-38,40,42-44,46,48-77H2,1-5H3/b11-9-,17-15-,23-21-,29-27-,35-33-,41-39-,47-45-. The molecular weight excluding hydrogens is 1130 g/mol. The van der Waals surface area contributed by atoms with Gasteiger partial charge in [-0.1, -0.05) is 362 Å². The van der Waals surface area contributed by atoms with Crippen LogP contribution in [0, 0.1) is 0 Å². The number of esters is 2. The molecule has 0 aliphatic carbocycles. The third kappa shape index (κ3) is 73.7. The molecule has 0 N–H and O–H groups in total. The van der Waals surface area contributed by atoms with Crippen molar-refractivity contribution in [3.05, 3.63) is 85.1 Å². The van der Waals surface area contributed by atoms with E-state index < -0.39 is 24.3 Å². The Morgan fingerprint density at radius 3 is 0.934 bits per heavy atom. The molecular formula is C82H147NO8. The molecule has 0 heterocycles. The molecule has 528 valence electrons. The van der Waals surface area contributed by atoms with Crippen LogP contribution in [0.1, 0.15) is 361 Å². The number of allylic oxidation sites excluding steroid dienone is 14. The van der Waals surface area contributed by atoms with Crippen LogP contribution in [0.2, 0.25) is 0 Å². The maximum atomic E-state index is 13.0. The summed E-state index contributed by atoms with van der Waals surface area (Å²) in [4.78, 5) is 37.6. The summed E-state index contributed by atoms with van der Waals surface area (Å²) in [5.74, 6) is -2.27. The number of likely N-dealkylation sites (N-methyl/N-ethyl adjacent to an activating group) is 1. The van der Waals surface area contributed by atoms with Crippen molar-refractivity contribution in [2.75, 3.05) is 47.5 Å². The van der Waals surface area contributed by atoms with Gasteiger partial charge in [0.2, 0.25) is 0 Å². The Morgan fingerprint density at radius 2 is 0.626 bits per heavy atom. The number of hydrogen-bond acceptors (Lipinski definition) is 8. The first-order valence-corrected chi connectivity index (χ1v) is 38.7. The lowest BCUT2D eigenvalue weighted by molar-refractivity contribution is -0.870. The maximum Gasteiger partial charge on any atom is 0.306 e. The molecule has 0 fully saturated rings. The van der Waals surface area contributed by atoms with Crippen molar-refractivity contribution in [1.29, 1.82) is 0 Å². The van der Waals surface area contributed by atoms with Crippen LogP contribution in [-0.2, 0) is 33.3 Å². The van der Waals surface area contributed by atoms with E-state index in [4.69, 9.17) is 18.9 Å². The van der Waals surface area contributed by atoms with Gasteiger partial charge in [-0.3, -0.25) is 9.59 Å². The van der Waals surface area contributed by atoms with Gasteiger partial charge in [0.1, 0.15) is 13.2 Å². The van der Waals surface area contributed by atoms with E-state index in [0.29, 0.717) is 23.9 Å². The molecule has 0 aromatic heterocycles. The Kier molecular flexibility index (Phi) is 69.5. The molecule has 9 heteroatoms. The van der Waals surface area contributed by atoms with Crippen LogP contribution in [0.4, 0.5) is 0 Å². The average molecular weight is 1280 g/mol. The average Bonchev–Trinajstić information content (AvgIpc) is 3.46. The Hall–Kier alpha value is -3.53. The van der Waals surface area contributed by atoms with Crippen LogP contribution >= 0.6 is 0 Å². The second-order valence-electron chi connectivity index (χ2n) is 27.3. The molecule has 0 saturated carbocycles. The molecule has 0 spiro atoms. The summed E-state index contributed by atoms with van der Waals surface area (Å²) in [5.41, 5.74) is 0. The topological polar surface area (TPSA) is 111 Å². The van der Waals surface area contributed by atoms with Crippen molar-refractivity contribution in [1.82, 2.24) is 0 Å². The number of carbonyl (C=O) groups excluding carboxylic acids is 3. The summed E-state index contributed by atoms with van der Waals surface area (Å²) in [6.45, 7) is 4.68. The third-order valence-electron chi connectivity index (χ3n) is 17.2. The van der Waals surface area contributed by atoms with E-state index in [0.717, 1.165) is 89.9 Å². The maximum absolute atomic E-state index is 13.0. The molecule has 2 atom stereocenters. The van der Waals surface area contributed by atoms with E-state index in [1.165, 1.54) is 238 Å². The molecule has 0 aliphatic rings. The van der Waals surface area contributed by atoms with Gasteiger partial charge in [-0.2, -0.15) is 0 Å². The van der Waals surface area contributed by atoms with E-state index in [2.05, 4.69) is 98.9 Å². The predicted molar refractivity (Wildman–Crippen MR) is 389 cm³/mol. The minimum Gasteiger partial charge on any atom is -0.545 e. The molecule has 0 aromatic carbocycles. The summed E-state index contributed by atoms with van der Waals surface area (Å²) in [6, 6.07) is 0. The van der Waals surface area contributed by atoms with Gasteiger partial charge in [0.05, 0.1) is 40.3 Å². The molecule has 0 aromatic rings. The van der Waals surface area contributed by atoms with Crippen molar-refractivity contribution >= 4 is 17.9 Å². The highest BCUT2D eigenvalue weighted by Crippen LogP contribution is 2.19. The van der Waals surface area contributed by atoms with Crippen molar-refractivity contribution < 1.29 is 42.9 Å². The lowest BCUT2D eigenvalue weighted by Crippen LogP contribution is -2.44. The Morgan fingerprint density at radius 1 is 0.341 bits per heavy atom. The second-order valence-corrected chi connectivity index (χ2v) is 27.3. The van der Waals surface area contributed by atoms with Crippen LogP contribution in [-0.4, -0.2) is 82.3 Å². The number of nitrogens with zero attached hydrogens (tertiary/aromatic N) is 1. The smallest absolute Gasteiger partial charge is 0.306 e. The highest BCUT2D eigenvalue weighted by molar-refractivity contribution is 5.70. The fourth-order valence-electron chi connectivity index (χ4n) is 11.3. The van der Waals surface area contributed by atoms with Crippen LogP contribution in [0.15, 0.2) is 85.1 Å². The van der Waals surface area contributed by atoms with Crippen LogP contribution in [0.5, 0.6) is 0 Å². The predicted octanol–water partition coefficient (Wildman–Crippen LogP) is 23.3. The number of carboxylic acids is 1. The van der Waals surface area contributed by atoms with E-state index in [9.17, 15) is 19.5 Å². The summed E-state index contributed by atoms with van der Waals surface area (Å²) in [5, 5.41) is 11.9. The number of unbranched alkanes of at least 4 members (excludes halogenated alkanes) is 43. The Balaban J connectivity index is 4.05. The number of aliphatic carboxylic acids is 1. The molecule has 2 unspecified atom stereocenters. The normalized spacial score (nSPS) is 13.1. The number of quaternary nitrogens is 1. The third-order valence-corrected chi connectivity index (χ3v) is 17.2. The number of rotatable bonds is 72. The summed E-state index contributed by atoms with van der Waals surface area (Å²) in [6.07, 6.45) is 95.5. The van der Waals surface area contributed by atoms with Crippen LogP contribution in [0.3, 0.4) is 0 Å². The van der Waals surface area contributed by atoms with Crippen molar-refractivity contribution in [3.63, 3.8) is 0 Å². The van der Waals surface area contributed by atoms with Crippen molar-refractivity contribution in [2.24, 2.45) is 0 Å². The molecule has 0 radical (unpaired) electrons. The Labute approximate surface area is 563 Å². The van der Waals surface area contributed by atoms with E-state index in [1.807, 2.05) is 21.1 Å². The van der Waals surface area contributed by atoms with Crippen molar-refractivity contribution in [2.45, 2.75) is 373 Å². The highest BCUT2D eigenvalue weighted by atomic mass is 16.7. The van der Waals surface area contributed by atoms with Gasteiger partial charge in [-0.05, 0) is 70.6 Å². The zero-order valence-corrected chi connectivity index (χ0v) is 60.5. The van der Waals surface area contributed by atoms with Crippen LogP contribution in [0.25, 0.3) is 0 Å². The fraction of sp³-hybridized carbons (Fsp3) is 0.793. The largest absolute Gasteiger partial charge is 0.545 e. The van der Waals surface area contributed by atoms with Gasteiger partial charge < -0.3 is 33.3 Å². The highest BCUT2D eigenvalue weighted by Gasteiger charge is 2.22. The number of ether oxygens (including phenoxy) is 4. The molecule has 0 amide bonds. The van der Waals surface area contributed by atoms with E-state index in [-0.39, 0.29) is 32.2 Å². The molecule has 0 saturated heterocycles. The molecule has 91 heavy (non-hydrogen) atoms. The van der Waals surface area contributed by atoms with Gasteiger partial charge in [-0.25, -0.2) is 0 Å². The first-order valence-electron chi connectivity index (χ1n) is 38.7. The summed E-state index contributed by atoms with van der Waals surface area (Å²) >= 11 is 0. The molecule has 0 bridgehead atoms. The second kappa shape index (κ2) is 72.3. The quantitative estimate of drug-likeness (QED) is 0.0195. The fourth-order valence-corrected chi connectivity index (χ4v) is 11.3. The lowest BCUT2D eigenvalue weighted by Gasteiger charge is -2.26. The van der Waals surface area contributed by atoms with Gasteiger partial charge in [0.15, 0.2) is 12.4 Å². The number of hydrogen-bond donors (Lipinski definition) is 0. The van der Waals surface area contributed by atoms with Gasteiger partial charge >= 0.3 is 11.9 Å². The summed E-state index contributed by atoms with van der Waals surface area (Å²) < 4.78 is 22.9. The van der Waals surface area contributed by atoms with E-state index >= 15 is 0 Å². The summed E-state index contributed by atoms with van der Waals surface area (Å²) in [7, 11) is 5.94. The lowest BCUT2D eigenvalue weighted by atomic mass is 10.0. The van der Waals surface area contributed by atoms with Crippen LogP contribution < -0.4 is 5.11 Å². The zero-order chi connectivity index (χ0) is 66.1. The van der Waals surface area contributed by atoms with Gasteiger partial charge in [0.25, 0.3) is 0 Å². The minimum absolute atomic E-state index is 0.146. The number of carboxylic acid groups (broad SMARTS) is 1. The number of carbonyl (C=O) groups is 3. The molecule has 0 aliphatic heterocycles. The van der Waals surface area contributed by atoms with Gasteiger partial charge in [-0.15, -0.1) is 0 Å². The molecule has 9 nitrogen and oxygen atoms in total. The zero-order valence-electron chi connectivity index (χ0n) is 60.5. The first kappa shape index (κ1) is 87.5. The first-order chi connectivity index (χ1) is 44.6.